The van der Waals surface area contributed by atoms with Crippen molar-refractivity contribution in [3.8, 4) is 0 Å². The smallest absolute Gasteiger partial charge is 0.186 e. The van der Waals surface area contributed by atoms with Gasteiger partial charge in [0, 0.05) is 13.2 Å². The molecular formula is C20H41NO5. The topological polar surface area (TPSA) is 91.2 Å². The monoisotopic (exact) mass is 375 g/mol. The average molecular weight is 376 g/mol. The van der Waals surface area contributed by atoms with Gasteiger partial charge in [-0.2, -0.15) is 0 Å². The summed E-state index contributed by atoms with van der Waals surface area (Å²) in [6.45, 7) is 6.06. The molecule has 1 aliphatic rings. The number of ether oxygens (including phenoxy) is 2. The Kier molecular flexibility index (Phi) is 13.5. The SMILES string of the molecule is CCCCCCCCCCNC[C@H]1O[C@H](OCCCC)[C@H](O)[C@@H](O)[C@@H]1O. The lowest BCUT2D eigenvalue weighted by atomic mass is 9.99. The van der Waals surface area contributed by atoms with Crippen molar-refractivity contribution in [2.75, 3.05) is 19.7 Å². The van der Waals surface area contributed by atoms with Gasteiger partial charge in [-0.15, -0.1) is 0 Å². The molecule has 1 fully saturated rings. The first-order valence-corrected chi connectivity index (χ1v) is 10.6. The first-order chi connectivity index (χ1) is 12.6. The van der Waals surface area contributed by atoms with E-state index >= 15 is 0 Å². The van der Waals surface area contributed by atoms with Gasteiger partial charge in [0.2, 0.25) is 0 Å². The molecule has 1 saturated heterocycles. The van der Waals surface area contributed by atoms with E-state index in [1.807, 2.05) is 0 Å². The maximum Gasteiger partial charge on any atom is 0.186 e. The molecule has 5 atom stereocenters. The Morgan fingerprint density at radius 3 is 2.04 bits per heavy atom. The standard InChI is InChI=1S/C20H41NO5/c1-3-5-7-8-9-10-11-12-13-21-15-16-17(22)18(23)19(24)20(26-16)25-14-6-4-2/h16-24H,3-15H2,1-2H3/t16-,17-,18+,19-,20+/m1/s1. The van der Waals surface area contributed by atoms with E-state index in [0.717, 1.165) is 25.8 Å². The van der Waals surface area contributed by atoms with E-state index < -0.39 is 30.7 Å². The summed E-state index contributed by atoms with van der Waals surface area (Å²) in [4.78, 5) is 0. The summed E-state index contributed by atoms with van der Waals surface area (Å²) in [5, 5.41) is 33.4. The molecule has 0 bridgehead atoms. The summed E-state index contributed by atoms with van der Waals surface area (Å²) in [5.74, 6) is 0. The normalized spacial score (nSPS) is 29.2. The zero-order valence-corrected chi connectivity index (χ0v) is 16.7. The van der Waals surface area contributed by atoms with Gasteiger partial charge < -0.3 is 30.1 Å². The quantitative estimate of drug-likeness (QED) is 0.329. The van der Waals surface area contributed by atoms with Gasteiger partial charge in [0.05, 0.1) is 0 Å². The van der Waals surface area contributed by atoms with Crippen LogP contribution in [0.2, 0.25) is 0 Å². The Hall–Kier alpha value is -0.240. The summed E-state index contributed by atoms with van der Waals surface area (Å²) in [7, 11) is 0. The van der Waals surface area contributed by atoms with Crippen molar-refractivity contribution in [2.45, 2.75) is 109 Å². The molecule has 0 spiro atoms. The van der Waals surface area contributed by atoms with Gasteiger partial charge in [0.1, 0.15) is 24.4 Å². The third kappa shape index (κ3) is 9.11. The fourth-order valence-corrected chi connectivity index (χ4v) is 3.19. The number of hydrogen-bond donors (Lipinski definition) is 4. The number of aliphatic hydroxyl groups excluding tert-OH is 3. The molecule has 0 saturated carbocycles. The molecule has 0 aromatic heterocycles. The molecule has 6 nitrogen and oxygen atoms in total. The molecule has 1 rings (SSSR count). The van der Waals surface area contributed by atoms with Crippen LogP contribution in [0.5, 0.6) is 0 Å². The van der Waals surface area contributed by atoms with Gasteiger partial charge in [-0.25, -0.2) is 0 Å². The molecule has 1 aliphatic heterocycles. The van der Waals surface area contributed by atoms with Gasteiger partial charge in [0.25, 0.3) is 0 Å². The highest BCUT2D eigenvalue weighted by atomic mass is 16.7. The van der Waals surface area contributed by atoms with Crippen LogP contribution in [0, 0.1) is 0 Å². The van der Waals surface area contributed by atoms with E-state index in [-0.39, 0.29) is 0 Å². The summed E-state index contributed by atoms with van der Waals surface area (Å²) in [6, 6.07) is 0. The summed E-state index contributed by atoms with van der Waals surface area (Å²) < 4.78 is 11.2. The lowest BCUT2D eigenvalue weighted by molar-refractivity contribution is -0.295. The second kappa shape index (κ2) is 14.8. The van der Waals surface area contributed by atoms with Crippen LogP contribution in [-0.4, -0.2) is 65.7 Å². The molecule has 0 aliphatic carbocycles. The first kappa shape index (κ1) is 23.8. The largest absolute Gasteiger partial charge is 0.388 e. The van der Waals surface area contributed by atoms with Crippen LogP contribution in [0.1, 0.15) is 78.1 Å². The van der Waals surface area contributed by atoms with Gasteiger partial charge in [-0.1, -0.05) is 65.2 Å². The van der Waals surface area contributed by atoms with Gasteiger partial charge in [-0.05, 0) is 19.4 Å². The third-order valence-corrected chi connectivity index (χ3v) is 5.00. The van der Waals surface area contributed by atoms with E-state index in [1.54, 1.807) is 0 Å². The summed E-state index contributed by atoms with van der Waals surface area (Å²) in [5.41, 5.74) is 0. The second-order valence-corrected chi connectivity index (χ2v) is 7.42. The van der Waals surface area contributed by atoms with E-state index in [2.05, 4.69) is 19.2 Å². The number of nitrogens with one attached hydrogen (secondary N) is 1. The number of rotatable bonds is 15. The number of hydrogen-bond acceptors (Lipinski definition) is 6. The predicted octanol–water partition coefficient (Wildman–Crippen LogP) is 2.34. The lowest BCUT2D eigenvalue weighted by Crippen LogP contribution is -2.60. The Labute approximate surface area is 159 Å². The van der Waals surface area contributed by atoms with E-state index in [4.69, 9.17) is 9.47 Å². The fraction of sp³-hybridized carbons (Fsp3) is 1.00. The van der Waals surface area contributed by atoms with E-state index in [1.165, 1.54) is 44.9 Å². The molecule has 1 heterocycles. The predicted molar refractivity (Wildman–Crippen MR) is 103 cm³/mol. The van der Waals surface area contributed by atoms with Gasteiger partial charge in [-0.3, -0.25) is 0 Å². The van der Waals surface area contributed by atoms with Crippen molar-refractivity contribution >= 4 is 0 Å². The van der Waals surface area contributed by atoms with Crippen LogP contribution in [0.3, 0.4) is 0 Å². The minimum atomic E-state index is -1.25. The van der Waals surface area contributed by atoms with Crippen LogP contribution in [0.4, 0.5) is 0 Å². The Balaban J connectivity index is 2.15. The molecule has 0 aromatic rings. The van der Waals surface area contributed by atoms with Crippen molar-refractivity contribution in [3.63, 3.8) is 0 Å². The van der Waals surface area contributed by atoms with Crippen LogP contribution in [-0.2, 0) is 9.47 Å². The van der Waals surface area contributed by atoms with Gasteiger partial charge in [0.15, 0.2) is 6.29 Å². The maximum atomic E-state index is 10.1. The summed E-state index contributed by atoms with van der Waals surface area (Å²) >= 11 is 0. The van der Waals surface area contributed by atoms with Crippen LogP contribution < -0.4 is 5.32 Å². The van der Waals surface area contributed by atoms with Crippen LogP contribution in [0.25, 0.3) is 0 Å². The number of unbranched alkanes of at least 4 members (excludes halogenated alkanes) is 8. The van der Waals surface area contributed by atoms with Crippen molar-refractivity contribution in [1.82, 2.24) is 5.32 Å². The molecule has 0 radical (unpaired) electrons. The molecular weight excluding hydrogens is 334 g/mol. The fourth-order valence-electron chi connectivity index (χ4n) is 3.19. The zero-order chi connectivity index (χ0) is 19.2. The highest BCUT2D eigenvalue weighted by molar-refractivity contribution is 4.90. The molecule has 0 unspecified atom stereocenters. The van der Waals surface area contributed by atoms with E-state index in [9.17, 15) is 15.3 Å². The highest BCUT2D eigenvalue weighted by Gasteiger charge is 2.43. The van der Waals surface area contributed by atoms with Crippen molar-refractivity contribution in [1.29, 1.82) is 0 Å². The van der Waals surface area contributed by atoms with Gasteiger partial charge >= 0.3 is 0 Å². The third-order valence-electron chi connectivity index (χ3n) is 5.00. The van der Waals surface area contributed by atoms with E-state index in [0.29, 0.717) is 13.2 Å². The number of aliphatic hydroxyl groups is 3. The van der Waals surface area contributed by atoms with Crippen molar-refractivity contribution < 1.29 is 24.8 Å². The molecule has 156 valence electrons. The Morgan fingerprint density at radius 1 is 0.769 bits per heavy atom. The average Bonchev–Trinajstić information content (AvgIpc) is 2.64. The van der Waals surface area contributed by atoms with Crippen LogP contribution in [0.15, 0.2) is 0 Å². The molecule has 0 aromatic carbocycles. The zero-order valence-electron chi connectivity index (χ0n) is 16.7. The molecule has 6 heteroatoms. The molecule has 26 heavy (non-hydrogen) atoms. The van der Waals surface area contributed by atoms with Crippen molar-refractivity contribution in [3.05, 3.63) is 0 Å². The Bertz CT molecular complexity index is 331. The van der Waals surface area contributed by atoms with Crippen molar-refractivity contribution in [2.24, 2.45) is 0 Å². The minimum absolute atomic E-state index is 0.440. The maximum absolute atomic E-state index is 10.1. The Morgan fingerprint density at radius 2 is 1.38 bits per heavy atom. The second-order valence-electron chi connectivity index (χ2n) is 7.42. The highest BCUT2D eigenvalue weighted by Crippen LogP contribution is 2.22. The lowest BCUT2D eigenvalue weighted by Gasteiger charge is -2.40. The minimum Gasteiger partial charge on any atom is -0.388 e. The van der Waals surface area contributed by atoms with Crippen LogP contribution >= 0.6 is 0 Å². The molecule has 0 amide bonds. The molecule has 4 N–H and O–H groups in total. The first-order valence-electron chi connectivity index (χ1n) is 10.6. The summed E-state index contributed by atoms with van der Waals surface area (Å²) in [6.07, 6.45) is 7.02.